The lowest BCUT2D eigenvalue weighted by molar-refractivity contribution is -0.385. The van der Waals surface area contributed by atoms with Crippen LogP contribution in [0, 0.1) is 10.1 Å². The van der Waals surface area contributed by atoms with Gasteiger partial charge in [-0.3, -0.25) is 19.7 Å². The molecule has 5 rings (SSSR count). The number of H-pyrrole nitrogens is 1. The van der Waals surface area contributed by atoms with Crippen LogP contribution in [0.3, 0.4) is 0 Å². The Morgan fingerprint density at radius 1 is 1.27 bits per heavy atom. The maximum atomic E-state index is 13.3. The van der Waals surface area contributed by atoms with Crippen LogP contribution in [0.4, 0.5) is 11.5 Å². The second-order valence-electron chi connectivity index (χ2n) is 8.22. The van der Waals surface area contributed by atoms with Gasteiger partial charge in [0.15, 0.2) is 22.4 Å². The number of benzene rings is 1. The zero-order valence-corrected chi connectivity index (χ0v) is 18.9. The van der Waals surface area contributed by atoms with Gasteiger partial charge in [0.25, 0.3) is 11.2 Å². The highest BCUT2D eigenvalue weighted by molar-refractivity contribution is 7.99. The summed E-state index contributed by atoms with van der Waals surface area (Å²) in [5.41, 5.74) is 0.780. The number of hydrogen-bond acceptors (Lipinski definition) is 9. The second kappa shape index (κ2) is 8.22. The van der Waals surface area contributed by atoms with Crippen LogP contribution in [0.5, 0.6) is 11.5 Å². The van der Waals surface area contributed by atoms with Crippen LogP contribution in [0.2, 0.25) is 0 Å². The predicted octanol–water partition coefficient (Wildman–Crippen LogP) is 3.86. The van der Waals surface area contributed by atoms with Gasteiger partial charge in [-0.25, -0.2) is 4.98 Å². The van der Waals surface area contributed by atoms with Crippen LogP contribution < -0.4 is 20.3 Å². The Morgan fingerprint density at radius 2 is 2.03 bits per heavy atom. The zero-order chi connectivity index (χ0) is 23.3. The largest absolute Gasteiger partial charge is 0.454 e. The minimum absolute atomic E-state index is 0.0516. The molecule has 1 aliphatic carbocycles. The molecule has 2 aliphatic heterocycles. The number of nitrogens with zero attached hydrogens (tertiary/aromatic N) is 2. The van der Waals surface area contributed by atoms with Gasteiger partial charge in [0.05, 0.1) is 22.5 Å². The van der Waals surface area contributed by atoms with Crippen LogP contribution >= 0.6 is 11.8 Å². The number of thioether (sulfide) groups is 1. The van der Waals surface area contributed by atoms with E-state index in [1.54, 1.807) is 0 Å². The molecule has 2 aromatic rings. The number of aromatic amines is 1. The monoisotopic (exact) mass is 470 g/mol. The number of ketones is 1. The highest BCUT2D eigenvalue weighted by Gasteiger charge is 2.41. The fourth-order valence-electron chi connectivity index (χ4n) is 4.42. The molecule has 0 amide bonds. The first-order valence-electron chi connectivity index (χ1n) is 10.8. The van der Waals surface area contributed by atoms with Crippen LogP contribution in [0.1, 0.15) is 56.6 Å². The molecule has 0 bridgehead atoms. The highest BCUT2D eigenvalue weighted by atomic mass is 32.2. The van der Waals surface area contributed by atoms with Crippen molar-refractivity contribution in [1.82, 2.24) is 9.97 Å². The summed E-state index contributed by atoms with van der Waals surface area (Å²) in [6.07, 6.45) is 2.47. The second-order valence-corrected chi connectivity index (χ2v) is 9.65. The summed E-state index contributed by atoms with van der Waals surface area (Å²) in [5.74, 6) is -0.137. The van der Waals surface area contributed by atoms with E-state index < -0.39 is 16.4 Å². The molecule has 2 atom stereocenters. The molecule has 2 unspecified atom stereocenters. The van der Waals surface area contributed by atoms with Gasteiger partial charge >= 0.3 is 0 Å². The fraction of sp³-hybridized carbons (Fsp3) is 0.409. The third kappa shape index (κ3) is 3.65. The number of Topliss-reactive ketones (excluding diaryl/α,β-unsaturated/α-hetero) is 1. The Morgan fingerprint density at radius 3 is 2.76 bits per heavy atom. The van der Waals surface area contributed by atoms with E-state index in [2.05, 4.69) is 15.3 Å². The minimum atomic E-state index is -0.933. The Bertz CT molecular complexity index is 1270. The van der Waals surface area contributed by atoms with Crippen molar-refractivity contribution in [3.63, 3.8) is 0 Å². The van der Waals surface area contributed by atoms with E-state index in [4.69, 9.17) is 9.47 Å². The lowest BCUT2D eigenvalue weighted by atomic mass is 9.76. The number of nitro benzene ring substituents is 1. The molecule has 0 radical (unpaired) electrons. The first-order chi connectivity index (χ1) is 15.9. The van der Waals surface area contributed by atoms with Gasteiger partial charge in [-0.05, 0) is 25.3 Å². The number of fused-ring (bicyclic) bond motifs is 2. The molecule has 3 heterocycles. The van der Waals surface area contributed by atoms with Gasteiger partial charge in [-0.1, -0.05) is 25.6 Å². The molecule has 0 spiro atoms. The quantitative estimate of drug-likeness (QED) is 0.289. The van der Waals surface area contributed by atoms with Crippen LogP contribution in [0.25, 0.3) is 0 Å². The van der Waals surface area contributed by atoms with Crippen LogP contribution in [0.15, 0.2) is 33.4 Å². The number of carbonyl (C=O) groups excluding carboxylic acids is 1. The zero-order valence-electron chi connectivity index (χ0n) is 18.1. The van der Waals surface area contributed by atoms with Crippen molar-refractivity contribution < 1.29 is 19.2 Å². The summed E-state index contributed by atoms with van der Waals surface area (Å²) in [6, 6.07) is 2.80. The number of carbonyl (C=O) groups is 1. The molecular weight excluding hydrogens is 448 g/mol. The van der Waals surface area contributed by atoms with E-state index in [9.17, 15) is 19.7 Å². The van der Waals surface area contributed by atoms with Crippen molar-refractivity contribution >= 4 is 29.1 Å². The molecule has 2 N–H and O–H groups in total. The van der Waals surface area contributed by atoms with E-state index in [0.717, 1.165) is 6.42 Å². The molecule has 172 valence electrons. The standard InChI is InChI=1S/C22H22N4O6S/c1-3-10(2)33-22-24-20-19(21(28)25-22)17(18-12(23-20)5-4-6-14(18)27)11-7-15-16(32-9-31-15)8-13(11)26(29)30/h7-8,10,17H,3-6,9H2,1-2H3,(H2,23,24,25,28). The first-order valence-corrected chi connectivity index (χ1v) is 11.7. The van der Waals surface area contributed by atoms with Crippen molar-refractivity contribution in [2.24, 2.45) is 0 Å². The van der Waals surface area contributed by atoms with Crippen molar-refractivity contribution in [1.29, 1.82) is 0 Å². The van der Waals surface area contributed by atoms with Gasteiger partial charge in [-0.15, -0.1) is 0 Å². The Kier molecular flexibility index (Phi) is 5.35. The predicted molar refractivity (Wildman–Crippen MR) is 121 cm³/mol. The van der Waals surface area contributed by atoms with E-state index in [-0.39, 0.29) is 40.4 Å². The van der Waals surface area contributed by atoms with Crippen LogP contribution in [-0.4, -0.2) is 32.7 Å². The summed E-state index contributed by atoms with van der Waals surface area (Å²) in [4.78, 5) is 45.3. The molecule has 10 nitrogen and oxygen atoms in total. The number of allylic oxidation sites excluding steroid dienone is 2. The normalized spacial score (nSPS) is 19.6. The lowest BCUT2D eigenvalue weighted by Gasteiger charge is -2.32. The van der Waals surface area contributed by atoms with E-state index in [1.165, 1.54) is 23.9 Å². The maximum absolute atomic E-state index is 13.3. The summed E-state index contributed by atoms with van der Waals surface area (Å²) in [6.45, 7) is 4.03. The first kappa shape index (κ1) is 21.5. The third-order valence-electron chi connectivity index (χ3n) is 6.15. The van der Waals surface area contributed by atoms with E-state index in [1.807, 2.05) is 13.8 Å². The summed E-state index contributed by atoms with van der Waals surface area (Å²) in [5, 5.41) is 15.9. The number of anilines is 1. The van der Waals surface area contributed by atoms with E-state index in [0.29, 0.717) is 47.3 Å². The van der Waals surface area contributed by atoms with Crippen molar-refractivity contribution in [3.8, 4) is 11.5 Å². The summed E-state index contributed by atoms with van der Waals surface area (Å²) < 4.78 is 10.8. The van der Waals surface area contributed by atoms with Gasteiger partial charge in [0.2, 0.25) is 6.79 Å². The van der Waals surface area contributed by atoms with Crippen molar-refractivity contribution in [2.45, 2.75) is 55.9 Å². The number of rotatable bonds is 5. The Hall–Kier alpha value is -3.34. The van der Waals surface area contributed by atoms with E-state index >= 15 is 0 Å². The summed E-state index contributed by atoms with van der Waals surface area (Å²) in [7, 11) is 0. The molecule has 0 saturated heterocycles. The topological polar surface area (TPSA) is 136 Å². The number of aromatic nitrogens is 2. The molecule has 1 aromatic carbocycles. The minimum Gasteiger partial charge on any atom is -0.454 e. The van der Waals surface area contributed by atoms with Crippen molar-refractivity contribution in [3.05, 3.63) is 55.0 Å². The fourth-order valence-corrected chi connectivity index (χ4v) is 5.26. The lowest BCUT2D eigenvalue weighted by Crippen LogP contribution is -2.33. The average molecular weight is 471 g/mol. The SMILES string of the molecule is CCC(C)Sc1nc2c(c(=O)[nH]1)C(c1cc3c(cc1[N+](=O)[O-])OCO3)C1=C(CCCC1=O)N2. The summed E-state index contributed by atoms with van der Waals surface area (Å²) >= 11 is 1.45. The Labute approximate surface area is 192 Å². The molecule has 33 heavy (non-hydrogen) atoms. The van der Waals surface area contributed by atoms with Crippen LogP contribution in [-0.2, 0) is 4.79 Å². The molecule has 1 aromatic heterocycles. The van der Waals surface area contributed by atoms with Gasteiger partial charge in [0.1, 0.15) is 5.82 Å². The number of nitrogens with one attached hydrogen (secondary N) is 2. The molecule has 3 aliphatic rings. The maximum Gasteiger partial charge on any atom is 0.277 e. The number of nitro groups is 1. The molecule has 0 saturated carbocycles. The number of hydrogen-bond donors (Lipinski definition) is 2. The van der Waals surface area contributed by atoms with Gasteiger partial charge < -0.3 is 19.8 Å². The van der Waals surface area contributed by atoms with Crippen molar-refractivity contribution in [2.75, 3.05) is 12.1 Å². The van der Waals surface area contributed by atoms with Gasteiger partial charge in [0, 0.05) is 28.5 Å². The molecular formula is C22H22N4O6S. The number of ether oxygens (including phenoxy) is 2. The molecule has 11 heteroatoms. The average Bonchev–Trinajstić information content (AvgIpc) is 3.24. The molecule has 0 fully saturated rings. The third-order valence-corrected chi connectivity index (χ3v) is 7.31. The van der Waals surface area contributed by atoms with Gasteiger partial charge in [-0.2, -0.15) is 0 Å². The highest BCUT2D eigenvalue weighted by Crippen LogP contribution is 2.49. The smallest absolute Gasteiger partial charge is 0.277 e. The Balaban J connectivity index is 1.75.